The number of nitrogens with one attached hydrogen (secondary N) is 1. The van der Waals surface area contributed by atoms with Crippen molar-refractivity contribution in [3.63, 3.8) is 0 Å². The van der Waals surface area contributed by atoms with Crippen molar-refractivity contribution < 1.29 is 22.7 Å². The van der Waals surface area contributed by atoms with E-state index in [-0.39, 0.29) is 26.9 Å². The molecule has 0 radical (unpaired) electrons. The summed E-state index contributed by atoms with van der Waals surface area (Å²) in [5.74, 6) is -1.30. The number of anilines is 2. The van der Waals surface area contributed by atoms with Crippen LogP contribution in [0.1, 0.15) is 15.9 Å². The normalized spacial score (nSPS) is 11.0. The van der Waals surface area contributed by atoms with Gasteiger partial charge in [0.1, 0.15) is 6.54 Å². The highest BCUT2D eigenvalue weighted by Gasteiger charge is 2.27. The van der Waals surface area contributed by atoms with E-state index in [1.165, 1.54) is 43.5 Å². The third-order valence-electron chi connectivity index (χ3n) is 4.72. The van der Waals surface area contributed by atoms with E-state index in [0.717, 1.165) is 9.87 Å². The number of rotatable bonds is 7. The fourth-order valence-electron chi connectivity index (χ4n) is 2.97. The van der Waals surface area contributed by atoms with Crippen LogP contribution in [0.2, 0.25) is 10.0 Å². The Morgan fingerprint density at radius 3 is 2.30 bits per heavy atom. The smallest absolute Gasteiger partial charge is 0.339 e. The van der Waals surface area contributed by atoms with Crippen LogP contribution in [0.4, 0.5) is 11.4 Å². The number of aryl methyl sites for hydroxylation is 1. The summed E-state index contributed by atoms with van der Waals surface area (Å²) in [4.78, 5) is 24.7. The molecule has 3 aromatic carbocycles. The number of amides is 1. The van der Waals surface area contributed by atoms with Crippen LogP contribution in [0, 0.1) is 6.92 Å². The Morgan fingerprint density at radius 2 is 1.67 bits per heavy atom. The van der Waals surface area contributed by atoms with Gasteiger partial charge in [0.15, 0.2) is 0 Å². The molecule has 0 aliphatic rings. The van der Waals surface area contributed by atoms with Crippen LogP contribution in [-0.2, 0) is 19.6 Å². The van der Waals surface area contributed by atoms with Gasteiger partial charge in [-0.3, -0.25) is 9.10 Å². The van der Waals surface area contributed by atoms with Crippen molar-refractivity contribution in [2.24, 2.45) is 0 Å². The van der Waals surface area contributed by atoms with Crippen LogP contribution in [0.25, 0.3) is 0 Å². The number of methoxy groups -OCH3 is 1. The van der Waals surface area contributed by atoms with Crippen LogP contribution in [0.5, 0.6) is 0 Å². The average molecular weight is 507 g/mol. The van der Waals surface area contributed by atoms with Crippen molar-refractivity contribution in [2.45, 2.75) is 11.8 Å². The number of esters is 1. The van der Waals surface area contributed by atoms with E-state index in [1.807, 2.05) is 0 Å². The molecule has 0 saturated carbocycles. The quantitative estimate of drug-likeness (QED) is 0.459. The third kappa shape index (κ3) is 5.65. The van der Waals surface area contributed by atoms with Gasteiger partial charge in [0.2, 0.25) is 5.91 Å². The molecule has 33 heavy (non-hydrogen) atoms. The molecular weight excluding hydrogens is 487 g/mol. The predicted octanol–water partition coefficient (Wildman–Crippen LogP) is 4.92. The largest absolute Gasteiger partial charge is 0.465 e. The highest BCUT2D eigenvalue weighted by molar-refractivity contribution is 7.92. The lowest BCUT2D eigenvalue weighted by Gasteiger charge is -2.24. The second-order valence-electron chi connectivity index (χ2n) is 6.99. The monoisotopic (exact) mass is 506 g/mol. The first-order chi connectivity index (χ1) is 15.6. The number of carbonyl (C=O) groups excluding carboxylic acids is 2. The maximum atomic E-state index is 13.4. The lowest BCUT2D eigenvalue weighted by Crippen LogP contribution is -2.38. The molecule has 3 aromatic rings. The first kappa shape index (κ1) is 24.6. The van der Waals surface area contributed by atoms with Crippen molar-refractivity contribution in [1.29, 1.82) is 0 Å². The number of hydrogen-bond donors (Lipinski definition) is 1. The molecule has 1 amide bonds. The Balaban J connectivity index is 1.94. The number of hydrogen-bond acceptors (Lipinski definition) is 5. The molecule has 172 valence electrons. The lowest BCUT2D eigenvalue weighted by atomic mass is 10.2. The summed E-state index contributed by atoms with van der Waals surface area (Å²) < 4.78 is 32.4. The zero-order valence-corrected chi connectivity index (χ0v) is 20.0. The van der Waals surface area contributed by atoms with Crippen LogP contribution in [0.15, 0.2) is 71.6 Å². The van der Waals surface area contributed by atoms with Gasteiger partial charge in [-0.15, -0.1) is 0 Å². The van der Waals surface area contributed by atoms with Crippen molar-refractivity contribution >= 4 is 56.5 Å². The number of ether oxygens (including phenoxy) is 1. The van der Waals surface area contributed by atoms with Gasteiger partial charge in [-0.25, -0.2) is 13.2 Å². The van der Waals surface area contributed by atoms with Gasteiger partial charge in [-0.1, -0.05) is 47.5 Å². The van der Waals surface area contributed by atoms with E-state index in [2.05, 4.69) is 10.1 Å². The molecule has 0 heterocycles. The topological polar surface area (TPSA) is 92.8 Å². The van der Waals surface area contributed by atoms with Crippen molar-refractivity contribution in [3.05, 3.63) is 87.9 Å². The Morgan fingerprint density at radius 1 is 0.970 bits per heavy atom. The number of halogens is 2. The highest BCUT2D eigenvalue weighted by Crippen LogP contribution is 2.28. The van der Waals surface area contributed by atoms with E-state index in [0.29, 0.717) is 5.02 Å². The molecule has 0 aliphatic heterocycles. The van der Waals surface area contributed by atoms with E-state index < -0.39 is 28.4 Å². The minimum atomic E-state index is -4.08. The molecule has 0 atom stereocenters. The Bertz CT molecular complexity index is 1300. The summed E-state index contributed by atoms with van der Waals surface area (Å²) in [7, 11) is -2.87. The van der Waals surface area contributed by atoms with Crippen LogP contribution >= 0.6 is 23.2 Å². The molecule has 0 fully saturated rings. The predicted molar refractivity (Wildman–Crippen MR) is 129 cm³/mol. The van der Waals surface area contributed by atoms with Gasteiger partial charge in [0, 0.05) is 10.7 Å². The number of nitrogens with zero attached hydrogens (tertiary/aromatic N) is 1. The summed E-state index contributed by atoms with van der Waals surface area (Å²) in [5, 5.41) is 3.11. The lowest BCUT2D eigenvalue weighted by molar-refractivity contribution is -0.114. The minimum Gasteiger partial charge on any atom is -0.465 e. The molecule has 10 heteroatoms. The molecule has 1 N–H and O–H groups in total. The van der Waals surface area contributed by atoms with Gasteiger partial charge in [0.25, 0.3) is 10.0 Å². The molecule has 0 aromatic heterocycles. The molecule has 0 bridgehead atoms. The molecule has 7 nitrogen and oxygen atoms in total. The van der Waals surface area contributed by atoms with E-state index in [1.54, 1.807) is 37.3 Å². The number of carbonyl (C=O) groups is 2. The van der Waals surface area contributed by atoms with E-state index in [4.69, 9.17) is 23.2 Å². The molecule has 0 spiro atoms. The summed E-state index contributed by atoms with van der Waals surface area (Å²) in [6, 6.07) is 16.8. The number of benzene rings is 3. The fourth-order valence-corrected chi connectivity index (χ4v) is 4.78. The van der Waals surface area contributed by atoms with E-state index >= 15 is 0 Å². The Hall–Kier alpha value is -3.07. The first-order valence-corrected chi connectivity index (χ1v) is 11.8. The first-order valence-electron chi connectivity index (χ1n) is 9.65. The molecular formula is C23H20Cl2N2O5S. The molecule has 0 unspecified atom stereocenters. The van der Waals surface area contributed by atoms with Crippen LogP contribution < -0.4 is 9.62 Å². The standard InChI is InChI=1S/C23H20Cl2N2O5S/c1-15-8-10-17(13-21(15)25)27(33(30,31)18-6-4-3-5-7-18)14-22(28)26-16-9-11-20(24)19(12-16)23(29)32-2/h3-13H,14H2,1-2H3,(H,26,28). The second-order valence-corrected chi connectivity index (χ2v) is 9.67. The third-order valence-corrected chi connectivity index (χ3v) is 7.24. The van der Waals surface area contributed by atoms with Gasteiger partial charge in [-0.2, -0.15) is 0 Å². The summed E-state index contributed by atoms with van der Waals surface area (Å²) in [6.07, 6.45) is 0. The van der Waals surface area contributed by atoms with Crippen molar-refractivity contribution in [1.82, 2.24) is 0 Å². The SMILES string of the molecule is COC(=O)c1cc(NC(=O)CN(c2ccc(C)c(Cl)c2)S(=O)(=O)c2ccccc2)ccc1Cl. The van der Waals surface area contributed by atoms with Gasteiger partial charge >= 0.3 is 5.97 Å². The Kier molecular flexibility index (Phi) is 7.63. The summed E-state index contributed by atoms with van der Waals surface area (Å²) in [6.45, 7) is 1.25. The molecule has 3 rings (SSSR count). The van der Waals surface area contributed by atoms with Crippen LogP contribution in [0.3, 0.4) is 0 Å². The zero-order chi connectivity index (χ0) is 24.2. The maximum absolute atomic E-state index is 13.4. The minimum absolute atomic E-state index is 0.0222. The molecule has 0 aliphatic carbocycles. The maximum Gasteiger partial charge on any atom is 0.339 e. The van der Waals surface area contributed by atoms with Crippen molar-refractivity contribution in [2.75, 3.05) is 23.3 Å². The summed E-state index contributed by atoms with van der Waals surface area (Å²) in [5.41, 5.74) is 1.31. The fraction of sp³-hybridized carbons (Fsp3) is 0.130. The van der Waals surface area contributed by atoms with Gasteiger partial charge in [0.05, 0.1) is 28.3 Å². The average Bonchev–Trinajstić information content (AvgIpc) is 2.80. The van der Waals surface area contributed by atoms with Gasteiger partial charge < -0.3 is 10.1 Å². The highest BCUT2D eigenvalue weighted by atomic mass is 35.5. The van der Waals surface area contributed by atoms with Crippen molar-refractivity contribution in [3.8, 4) is 0 Å². The number of sulfonamides is 1. The second kappa shape index (κ2) is 10.2. The van der Waals surface area contributed by atoms with E-state index in [9.17, 15) is 18.0 Å². The molecule has 0 saturated heterocycles. The summed E-state index contributed by atoms with van der Waals surface area (Å²) >= 11 is 12.2. The van der Waals surface area contributed by atoms with Crippen LogP contribution in [-0.4, -0.2) is 33.9 Å². The Labute approximate surface area is 201 Å². The van der Waals surface area contributed by atoms with Gasteiger partial charge in [-0.05, 0) is 55.0 Å². The zero-order valence-electron chi connectivity index (χ0n) is 17.7.